The van der Waals surface area contributed by atoms with E-state index in [2.05, 4.69) is 4.99 Å². The Kier molecular flexibility index (Phi) is 7.83. The van der Waals surface area contributed by atoms with Crippen LogP contribution in [0.3, 0.4) is 0 Å². The number of ether oxygens (including phenoxy) is 3. The molecule has 0 saturated carbocycles. The van der Waals surface area contributed by atoms with Crippen LogP contribution in [0.4, 0.5) is 0 Å². The molecular weight excluding hydrogens is 504 g/mol. The number of carbonyl (C=O) groups is 2. The van der Waals surface area contributed by atoms with E-state index in [0.717, 1.165) is 5.56 Å². The first-order chi connectivity index (χ1) is 17.3. The standard InChI is InChI=1S/C26H23ClN2O6S/c1-15-22(25(32)34-13-12-33-3)23(19-6-4-5-7-20(19)27)29-24(31)21(36-26(29)28-15)14-17-8-10-18(11-9-17)35-16(2)30/h4-11,14,23H,12-13H2,1-3H3/b21-14-/t23-/m1/s1. The number of aromatic nitrogens is 1. The molecule has 4 rings (SSSR count). The zero-order valence-corrected chi connectivity index (χ0v) is 21.4. The van der Waals surface area contributed by atoms with Crippen LogP contribution in [-0.2, 0) is 19.1 Å². The predicted octanol–water partition coefficient (Wildman–Crippen LogP) is 3.00. The number of methoxy groups -OCH3 is 1. The molecule has 1 atom stereocenters. The molecule has 2 heterocycles. The number of benzene rings is 2. The maximum atomic E-state index is 13.6. The molecule has 3 aromatic rings. The highest BCUT2D eigenvalue weighted by atomic mass is 35.5. The fourth-order valence-electron chi connectivity index (χ4n) is 3.82. The summed E-state index contributed by atoms with van der Waals surface area (Å²) in [6, 6.07) is 13.0. The summed E-state index contributed by atoms with van der Waals surface area (Å²) in [7, 11) is 1.51. The highest BCUT2D eigenvalue weighted by molar-refractivity contribution is 7.07. The lowest BCUT2D eigenvalue weighted by molar-refractivity contribution is -0.140. The van der Waals surface area contributed by atoms with Gasteiger partial charge in [0.25, 0.3) is 5.56 Å². The lowest BCUT2D eigenvalue weighted by Crippen LogP contribution is -2.40. The molecule has 2 aromatic carbocycles. The third-order valence-corrected chi connectivity index (χ3v) is 6.73. The van der Waals surface area contributed by atoms with Crippen LogP contribution in [-0.4, -0.2) is 36.8 Å². The van der Waals surface area contributed by atoms with Gasteiger partial charge in [-0.3, -0.25) is 14.2 Å². The Bertz CT molecular complexity index is 1520. The van der Waals surface area contributed by atoms with E-state index in [0.29, 0.717) is 31.4 Å². The summed E-state index contributed by atoms with van der Waals surface area (Å²) < 4.78 is 17.3. The third-order valence-electron chi connectivity index (χ3n) is 5.40. The minimum Gasteiger partial charge on any atom is -0.460 e. The van der Waals surface area contributed by atoms with Crippen LogP contribution in [0, 0.1) is 0 Å². The van der Waals surface area contributed by atoms with Gasteiger partial charge < -0.3 is 14.2 Å². The van der Waals surface area contributed by atoms with E-state index < -0.39 is 18.0 Å². The predicted molar refractivity (Wildman–Crippen MR) is 136 cm³/mol. The second kappa shape index (κ2) is 11.0. The third kappa shape index (κ3) is 5.33. The summed E-state index contributed by atoms with van der Waals surface area (Å²) in [5.74, 6) is -0.594. The number of allylic oxidation sites excluding steroid dienone is 1. The van der Waals surface area contributed by atoms with Crippen LogP contribution in [0.2, 0.25) is 5.02 Å². The SMILES string of the molecule is COCCOC(=O)C1=C(C)N=c2s/c(=C\c3ccc(OC(C)=O)cc3)c(=O)n2[C@@H]1c1ccccc1Cl. The summed E-state index contributed by atoms with van der Waals surface area (Å²) in [6.07, 6.45) is 1.72. The van der Waals surface area contributed by atoms with Gasteiger partial charge in [-0.05, 0) is 42.3 Å². The van der Waals surface area contributed by atoms with Crippen molar-refractivity contribution in [1.82, 2.24) is 4.57 Å². The molecule has 0 N–H and O–H groups in total. The second-order valence-corrected chi connectivity index (χ2v) is 9.31. The number of carbonyl (C=O) groups excluding carboxylic acids is 2. The Morgan fingerprint density at radius 3 is 2.53 bits per heavy atom. The molecule has 0 fully saturated rings. The van der Waals surface area contributed by atoms with E-state index in [9.17, 15) is 14.4 Å². The van der Waals surface area contributed by atoms with Crippen LogP contribution in [0.5, 0.6) is 5.75 Å². The van der Waals surface area contributed by atoms with Crippen molar-refractivity contribution in [3.63, 3.8) is 0 Å². The second-order valence-electron chi connectivity index (χ2n) is 7.89. The highest BCUT2D eigenvalue weighted by Crippen LogP contribution is 2.34. The molecule has 0 unspecified atom stereocenters. The van der Waals surface area contributed by atoms with Crippen LogP contribution in [0.1, 0.15) is 31.0 Å². The van der Waals surface area contributed by atoms with Gasteiger partial charge in [0, 0.05) is 19.1 Å². The minimum absolute atomic E-state index is 0.0646. The molecule has 8 nitrogen and oxygen atoms in total. The number of nitrogens with zero attached hydrogens (tertiary/aromatic N) is 2. The average molecular weight is 527 g/mol. The maximum absolute atomic E-state index is 13.6. The molecule has 10 heteroatoms. The molecule has 1 aromatic heterocycles. The summed E-state index contributed by atoms with van der Waals surface area (Å²) >= 11 is 7.74. The van der Waals surface area contributed by atoms with E-state index in [4.69, 9.17) is 25.8 Å². The van der Waals surface area contributed by atoms with Crippen molar-refractivity contribution in [3.05, 3.63) is 95.6 Å². The molecule has 186 valence electrons. The van der Waals surface area contributed by atoms with E-state index in [1.165, 1.54) is 29.9 Å². The molecule has 0 radical (unpaired) electrons. The van der Waals surface area contributed by atoms with Gasteiger partial charge in [0.05, 0.1) is 22.4 Å². The first-order valence-corrected chi connectivity index (χ1v) is 12.2. The lowest BCUT2D eigenvalue weighted by Gasteiger charge is -2.25. The summed E-state index contributed by atoms with van der Waals surface area (Å²) in [6.45, 7) is 3.34. The molecule has 1 aliphatic heterocycles. The number of hydrogen-bond acceptors (Lipinski definition) is 8. The Morgan fingerprint density at radius 1 is 1.14 bits per heavy atom. The van der Waals surface area contributed by atoms with Crippen LogP contribution in [0.15, 0.2) is 69.6 Å². The maximum Gasteiger partial charge on any atom is 0.338 e. The monoisotopic (exact) mass is 526 g/mol. The topological polar surface area (TPSA) is 96.2 Å². The molecule has 0 amide bonds. The average Bonchev–Trinajstić information content (AvgIpc) is 3.14. The first-order valence-electron chi connectivity index (χ1n) is 11.0. The van der Waals surface area contributed by atoms with Crippen molar-refractivity contribution >= 4 is 41.0 Å². The fourth-order valence-corrected chi connectivity index (χ4v) is 5.10. The van der Waals surface area contributed by atoms with Crippen molar-refractivity contribution in [2.24, 2.45) is 4.99 Å². The van der Waals surface area contributed by atoms with Crippen LogP contribution < -0.4 is 19.6 Å². The smallest absolute Gasteiger partial charge is 0.338 e. The first kappa shape index (κ1) is 25.6. The molecule has 0 bridgehead atoms. The van der Waals surface area contributed by atoms with Gasteiger partial charge in [-0.1, -0.05) is 53.3 Å². The van der Waals surface area contributed by atoms with Gasteiger partial charge >= 0.3 is 11.9 Å². The van der Waals surface area contributed by atoms with Crippen LogP contribution in [0.25, 0.3) is 6.08 Å². The van der Waals surface area contributed by atoms with Gasteiger partial charge in [0.15, 0.2) is 4.80 Å². The van der Waals surface area contributed by atoms with Crippen molar-refractivity contribution < 1.29 is 23.8 Å². The normalized spacial score (nSPS) is 15.3. The Morgan fingerprint density at radius 2 is 1.86 bits per heavy atom. The molecule has 1 aliphatic rings. The van der Waals surface area contributed by atoms with Crippen LogP contribution >= 0.6 is 22.9 Å². The van der Waals surface area contributed by atoms with Crippen molar-refractivity contribution in [1.29, 1.82) is 0 Å². The van der Waals surface area contributed by atoms with E-state index in [-0.39, 0.29) is 24.3 Å². The van der Waals surface area contributed by atoms with Crippen molar-refractivity contribution in [2.45, 2.75) is 19.9 Å². The zero-order chi connectivity index (χ0) is 25.8. The van der Waals surface area contributed by atoms with Gasteiger partial charge in [-0.25, -0.2) is 9.79 Å². The number of hydrogen-bond donors (Lipinski definition) is 0. The van der Waals surface area contributed by atoms with Gasteiger partial charge in [-0.2, -0.15) is 0 Å². The van der Waals surface area contributed by atoms with Crippen molar-refractivity contribution in [2.75, 3.05) is 20.3 Å². The number of fused-ring (bicyclic) bond motifs is 1. The number of thiazole rings is 1. The molecular formula is C26H23ClN2O6S. The largest absolute Gasteiger partial charge is 0.460 e. The zero-order valence-electron chi connectivity index (χ0n) is 19.8. The number of rotatable bonds is 7. The van der Waals surface area contributed by atoms with E-state index in [1.807, 2.05) is 0 Å². The summed E-state index contributed by atoms with van der Waals surface area (Å²) in [5.41, 5.74) is 1.69. The fraction of sp³-hybridized carbons (Fsp3) is 0.231. The van der Waals surface area contributed by atoms with Crippen molar-refractivity contribution in [3.8, 4) is 5.75 Å². The van der Waals surface area contributed by atoms with E-state index >= 15 is 0 Å². The number of halogens is 1. The van der Waals surface area contributed by atoms with E-state index in [1.54, 1.807) is 61.5 Å². The van der Waals surface area contributed by atoms with Gasteiger partial charge in [-0.15, -0.1) is 0 Å². The molecule has 36 heavy (non-hydrogen) atoms. The molecule has 0 saturated heterocycles. The number of esters is 2. The van der Waals surface area contributed by atoms with Gasteiger partial charge in [0.1, 0.15) is 18.4 Å². The summed E-state index contributed by atoms with van der Waals surface area (Å²) in [5, 5.41) is 0.412. The minimum atomic E-state index is -0.807. The Hall–Kier alpha value is -3.53. The highest BCUT2D eigenvalue weighted by Gasteiger charge is 2.34. The molecule has 0 spiro atoms. The summed E-state index contributed by atoms with van der Waals surface area (Å²) in [4.78, 5) is 42.9. The Balaban J connectivity index is 1.83. The quantitative estimate of drug-likeness (QED) is 0.267. The lowest BCUT2D eigenvalue weighted by atomic mass is 9.96. The Labute approximate surface area is 215 Å². The van der Waals surface area contributed by atoms with Gasteiger partial charge in [0.2, 0.25) is 0 Å². The molecule has 0 aliphatic carbocycles.